The van der Waals surface area contributed by atoms with Gasteiger partial charge in [-0.2, -0.15) is 0 Å². The van der Waals surface area contributed by atoms with E-state index in [9.17, 15) is 9.59 Å². The van der Waals surface area contributed by atoms with Crippen molar-refractivity contribution in [2.45, 2.75) is 33.6 Å². The molecule has 1 aromatic carbocycles. The molecule has 138 valence electrons. The second-order valence-corrected chi connectivity index (χ2v) is 6.26. The van der Waals surface area contributed by atoms with Crippen molar-refractivity contribution in [1.29, 1.82) is 0 Å². The Kier molecular flexibility index (Phi) is 9.37. The predicted molar refractivity (Wildman–Crippen MR) is 99.3 cm³/mol. The summed E-state index contributed by atoms with van der Waals surface area (Å²) >= 11 is 0. The number of benzene rings is 1. The molecule has 1 rings (SSSR count). The molecule has 0 unspecified atom stereocenters. The standard InChI is InChI=1S/C20H29NO4/c1-5-14-25-18-9-6-17(7-10-18)8-11-19(22)21(15-16(2)3)13-12-20(23)24-4/h6-11,16H,5,12-15H2,1-4H3/b11-8+. The van der Waals surface area contributed by atoms with Crippen molar-refractivity contribution >= 4 is 18.0 Å². The highest BCUT2D eigenvalue weighted by molar-refractivity contribution is 5.92. The van der Waals surface area contributed by atoms with E-state index >= 15 is 0 Å². The monoisotopic (exact) mass is 347 g/mol. The van der Waals surface area contributed by atoms with E-state index in [-0.39, 0.29) is 18.3 Å². The molecule has 0 saturated carbocycles. The maximum absolute atomic E-state index is 12.4. The van der Waals surface area contributed by atoms with Crippen LogP contribution < -0.4 is 4.74 Å². The van der Waals surface area contributed by atoms with Gasteiger partial charge < -0.3 is 14.4 Å². The molecule has 1 amide bonds. The first kappa shape index (κ1) is 20.7. The zero-order valence-electron chi connectivity index (χ0n) is 15.7. The van der Waals surface area contributed by atoms with Gasteiger partial charge in [0.1, 0.15) is 5.75 Å². The molecule has 0 N–H and O–H groups in total. The molecule has 0 aliphatic carbocycles. The Balaban J connectivity index is 2.67. The summed E-state index contributed by atoms with van der Waals surface area (Å²) in [6.07, 6.45) is 4.48. The summed E-state index contributed by atoms with van der Waals surface area (Å²) in [5.74, 6) is 0.729. The highest BCUT2D eigenvalue weighted by atomic mass is 16.5. The zero-order chi connectivity index (χ0) is 18.7. The van der Waals surface area contributed by atoms with Gasteiger partial charge in [-0.3, -0.25) is 9.59 Å². The van der Waals surface area contributed by atoms with Gasteiger partial charge in [0.15, 0.2) is 0 Å². The van der Waals surface area contributed by atoms with Crippen LogP contribution in [0.2, 0.25) is 0 Å². The van der Waals surface area contributed by atoms with Crippen LogP contribution in [0.15, 0.2) is 30.3 Å². The summed E-state index contributed by atoms with van der Waals surface area (Å²) in [7, 11) is 1.35. The first-order valence-corrected chi connectivity index (χ1v) is 8.73. The third-order valence-electron chi connectivity index (χ3n) is 3.48. The van der Waals surface area contributed by atoms with Crippen molar-refractivity contribution < 1.29 is 19.1 Å². The number of carbonyl (C=O) groups is 2. The van der Waals surface area contributed by atoms with E-state index < -0.39 is 0 Å². The number of ether oxygens (including phenoxy) is 2. The molecule has 0 bridgehead atoms. The second kappa shape index (κ2) is 11.3. The summed E-state index contributed by atoms with van der Waals surface area (Å²) in [5, 5.41) is 0. The predicted octanol–water partition coefficient (Wildman–Crippen LogP) is 3.54. The van der Waals surface area contributed by atoms with Crippen molar-refractivity contribution in [3.8, 4) is 5.75 Å². The van der Waals surface area contributed by atoms with Crippen LogP contribution >= 0.6 is 0 Å². The Hall–Kier alpha value is -2.30. The molecule has 0 atom stereocenters. The third kappa shape index (κ3) is 8.38. The molecule has 0 fully saturated rings. The molecular formula is C20H29NO4. The van der Waals surface area contributed by atoms with E-state index in [1.54, 1.807) is 17.1 Å². The SMILES string of the molecule is CCCOc1ccc(/C=C/C(=O)N(CCC(=O)OC)CC(C)C)cc1. The summed E-state index contributed by atoms with van der Waals surface area (Å²) in [6, 6.07) is 7.61. The fourth-order valence-electron chi connectivity index (χ4n) is 2.23. The molecule has 0 aliphatic rings. The minimum Gasteiger partial charge on any atom is -0.494 e. The van der Waals surface area contributed by atoms with Crippen LogP contribution in [0.1, 0.15) is 39.2 Å². The lowest BCUT2D eigenvalue weighted by Gasteiger charge is -2.22. The summed E-state index contributed by atoms with van der Waals surface area (Å²) in [6.45, 7) is 7.79. The number of nitrogens with zero attached hydrogens (tertiary/aromatic N) is 1. The van der Waals surface area contributed by atoms with Crippen LogP contribution in [0.4, 0.5) is 0 Å². The number of amides is 1. The molecule has 5 heteroatoms. The van der Waals surface area contributed by atoms with Gasteiger partial charge in [-0.25, -0.2) is 0 Å². The molecule has 0 radical (unpaired) electrons. The highest BCUT2D eigenvalue weighted by Crippen LogP contribution is 2.14. The number of esters is 1. The van der Waals surface area contributed by atoms with Gasteiger partial charge in [0.25, 0.3) is 0 Å². The average molecular weight is 347 g/mol. The number of methoxy groups -OCH3 is 1. The molecule has 0 aliphatic heterocycles. The van der Waals surface area contributed by atoms with Gasteiger partial charge in [-0.1, -0.05) is 32.9 Å². The zero-order valence-corrected chi connectivity index (χ0v) is 15.7. The van der Waals surface area contributed by atoms with Crippen LogP contribution in [-0.4, -0.2) is 43.6 Å². The van der Waals surface area contributed by atoms with E-state index in [0.29, 0.717) is 25.6 Å². The maximum Gasteiger partial charge on any atom is 0.307 e. The van der Waals surface area contributed by atoms with Crippen LogP contribution in [0.25, 0.3) is 6.08 Å². The van der Waals surface area contributed by atoms with Gasteiger partial charge >= 0.3 is 5.97 Å². The molecule has 0 spiro atoms. The van der Waals surface area contributed by atoms with E-state index in [1.165, 1.54) is 7.11 Å². The van der Waals surface area contributed by atoms with Crippen molar-refractivity contribution in [1.82, 2.24) is 4.90 Å². The molecule has 5 nitrogen and oxygen atoms in total. The third-order valence-corrected chi connectivity index (χ3v) is 3.48. The minimum atomic E-state index is -0.312. The Morgan fingerprint density at radius 3 is 2.44 bits per heavy atom. The summed E-state index contributed by atoms with van der Waals surface area (Å²) in [5.41, 5.74) is 0.926. The molecule has 1 aromatic rings. The largest absolute Gasteiger partial charge is 0.494 e. The number of rotatable bonds is 10. The lowest BCUT2D eigenvalue weighted by atomic mass is 10.1. The van der Waals surface area contributed by atoms with Gasteiger partial charge in [-0.05, 0) is 36.1 Å². The van der Waals surface area contributed by atoms with Crippen molar-refractivity contribution in [2.75, 3.05) is 26.8 Å². The van der Waals surface area contributed by atoms with E-state index in [0.717, 1.165) is 17.7 Å². The van der Waals surface area contributed by atoms with E-state index in [2.05, 4.69) is 11.7 Å². The lowest BCUT2D eigenvalue weighted by Crippen LogP contribution is -2.34. The van der Waals surface area contributed by atoms with Gasteiger partial charge in [0.2, 0.25) is 5.91 Å². The second-order valence-electron chi connectivity index (χ2n) is 6.26. The first-order chi connectivity index (χ1) is 12.0. The summed E-state index contributed by atoms with van der Waals surface area (Å²) < 4.78 is 10.2. The average Bonchev–Trinajstić information content (AvgIpc) is 2.61. The van der Waals surface area contributed by atoms with E-state index in [1.807, 2.05) is 38.1 Å². The maximum atomic E-state index is 12.4. The first-order valence-electron chi connectivity index (χ1n) is 8.73. The Labute approximate surface area is 150 Å². The Morgan fingerprint density at radius 1 is 1.20 bits per heavy atom. The van der Waals surface area contributed by atoms with Crippen LogP contribution in [0.5, 0.6) is 5.75 Å². The molecule has 0 heterocycles. The Morgan fingerprint density at radius 2 is 1.88 bits per heavy atom. The number of hydrogen-bond donors (Lipinski definition) is 0. The highest BCUT2D eigenvalue weighted by Gasteiger charge is 2.14. The fraction of sp³-hybridized carbons (Fsp3) is 0.500. The quantitative estimate of drug-likeness (QED) is 0.480. The van der Waals surface area contributed by atoms with Crippen LogP contribution in [-0.2, 0) is 14.3 Å². The van der Waals surface area contributed by atoms with Gasteiger partial charge in [-0.15, -0.1) is 0 Å². The van der Waals surface area contributed by atoms with Gasteiger partial charge in [0, 0.05) is 19.2 Å². The molecule has 0 saturated heterocycles. The number of carbonyl (C=O) groups excluding carboxylic acids is 2. The molecule has 0 aromatic heterocycles. The molecular weight excluding hydrogens is 318 g/mol. The normalized spacial score (nSPS) is 10.9. The lowest BCUT2D eigenvalue weighted by molar-refractivity contribution is -0.141. The smallest absolute Gasteiger partial charge is 0.307 e. The van der Waals surface area contributed by atoms with E-state index in [4.69, 9.17) is 4.74 Å². The Bertz CT molecular complexity index is 564. The molecule has 25 heavy (non-hydrogen) atoms. The van der Waals surface area contributed by atoms with Crippen LogP contribution in [0, 0.1) is 5.92 Å². The fourth-order valence-corrected chi connectivity index (χ4v) is 2.23. The van der Waals surface area contributed by atoms with Crippen LogP contribution in [0.3, 0.4) is 0 Å². The number of hydrogen-bond acceptors (Lipinski definition) is 4. The van der Waals surface area contributed by atoms with Crippen molar-refractivity contribution in [2.24, 2.45) is 5.92 Å². The van der Waals surface area contributed by atoms with Gasteiger partial charge in [0.05, 0.1) is 20.1 Å². The minimum absolute atomic E-state index is 0.107. The summed E-state index contributed by atoms with van der Waals surface area (Å²) in [4.78, 5) is 25.4. The van der Waals surface area contributed by atoms with Crippen molar-refractivity contribution in [3.63, 3.8) is 0 Å². The topological polar surface area (TPSA) is 55.8 Å². The van der Waals surface area contributed by atoms with Crippen molar-refractivity contribution in [3.05, 3.63) is 35.9 Å².